The number of amides is 1. The zero-order valence-corrected chi connectivity index (χ0v) is 11.1. The Bertz CT molecular complexity index is 499. The van der Waals surface area contributed by atoms with Gasteiger partial charge in [-0.2, -0.15) is 4.99 Å². The minimum absolute atomic E-state index is 0.0757. The van der Waals surface area contributed by atoms with Crippen molar-refractivity contribution in [3.05, 3.63) is 34.3 Å². The molecule has 6 heteroatoms. The lowest BCUT2D eigenvalue weighted by Gasteiger charge is -2.05. The first kappa shape index (κ1) is 12.3. The highest BCUT2D eigenvalue weighted by Gasteiger charge is 2.29. The normalized spacial score (nSPS) is 19.2. The molecule has 2 rings (SSSR count). The summed E-state index contributed by atoms with van der Waals surface area (Å²) in [6, 6.07) is 7.03. The lowest BCUT2D eigenvalue weighted by atomic mass is 10.1. The van der Waals surface area contributed by atoms with E-state index in [1.807, 2.05) is 0 Å². The molecule has 1 atom stereocenters. The van der Waals surface area contributed by atoms with Gasteiger partial charge in [0.1, 0.15) is 5.25 Å². The summed E-state index contributed by atoms with van der Waals surface area (Å²) in [4.78, 5) is 26.8. The maximum Gasteiger partial charge on any atom is 0.262 e. The van der Waals surface area contributed by atoms with Gasteiger partial charge in [-0.3, -0.25) is 9.59 Å². The van der Waals surface area contributed by atoms with Gasteiger partial charge in [-0.25, -0.2) is 0 Å². The third kappa shape index (κ3) is 2.95. The third-order valence-electron chi connectivity index (χ3n) is 2.30. The highest BCUT2D eigenvalue weighted by Crippen LogP contribution is 2.24. The number of nitrogens with zero attached hydrogens (tertiary/aromatic N) is 1. The highest BCUT2D eigenvalue weighted by atomic mass is 79.9. The van der Waals surface area contributed by atoms with E-state index in [1.165, 1.54) is 0 Å². The van der Waals surface area contributed by atoms with Gasteiger partial charge in [0, 0.05) is 16.5 Å². The molecule has 0 spiro atoms. The van der Waals surface area contributed by atoms with E-state index >= 15 is 0 Å². The molecule has 2 N–H and O–H groups in total. The molecule has 1 aliphatic rings. The second kappa shape index (κ2) is 5.01. The molecule has 0 aromatic heterocycles. The van der Waals surface area contributed by atoms with E-state index in [0.29, 0.717) is 5.56 Å². The molecule has 0 fully saturated rings. The van der Waals surface area contributed by atoms with Crippen LogP contribution >= 0.6 is 27.7 Å². The summed E-state index contributed by atoms with van der Waals surface area (Å²) in [5.74, 6) is -0.397. The first-order valence-electron chi connectivity index (χ1n) is 4.89. The molecular formula is C11H9BrN2O2S. The first-order valence-corrected chi connectivity index (χ1v) is 6.57. The number of carbonyl (C=O) groups excluding carboxylic acids is 2. The Hall–Kier alpha value is -1.14. The molecule has 0 radical (unpaired) electrons. The smallest absolute Gasteiger partial charge is 0.262 e. The number of halogens is 1. The Morgan fingerprint density at radius 1 is 1.41 bits per heavy atom. The summed E-state index contributed by atoms with van der Waals surface area (Å²) in [7, 11) is 0. The van der Waals surface area contributed by atoms with Gasteiger partial charge in [-0.1, -0.05) is 39.8 Å². The van der Waals surface area contributed by atoms with E-state index in [-0.39, 0.29) is 23.3 Å². The van der Waals surface area contributed by atoms with Gasteiger partial charge in [0.15, 0.2) is 11.0 Å². The lowest BCUT2D eigenvalue weighted by molar-refractivity contribution is -0.117. The first-order chi connectivity index (χ1) is 8.06. The number of hydrogen-bond acceptors (Lipinski definition) is 4. The predicted octanol–water partition coefficient (Wildman–Crippen LogP) is 1.98. The standard InChI is InChI=1S/C11H9BrN2O2S/c12-7-3-1-6(2-4-7)8(15)5-9-10(16)14-11(13)17-9/h1-4,9H,5H2,(H2,13,14,16). The Morgan fingerprint density at radius 3 is 2.59 bits per heavy atom. The van der Waals surface area contributed by atoms with Gasteiger partial charge in [-0.15, -0.1) is 0 Å². The van der Waals surface area contributed by atoms with Crippen LogP contribution in [0.3, 0.4) is 0 Å². The molecular weight excluding hydrogens is 304 g/mol. The molecule has 0 saturated carbocycles. The molecule has 1 aliphatic heterocycles. The van der Waals surface area contributed by atoms with Crippen molar-refractivity contribution in [2.24, 2.45) is 10.7 Å². The number of Topliss-reactive ketones (excluding diaryl/α,β-unsaturated/α-hetero) is 1. The maximum atomic E-state index is 11.9. The van der Waals surface area contributed by atoms with Crippen molar-refractivity contribution in [3.63, 3.8) is 0 Å². The fourth-order valence-electron chi connectivity index (χ4n) is 1.45. The van der Waals surface area contributed by atoms with Gasteiger partial charge in [0.05, 0.1) is 0 Å². The fraction of sp³-hybridized carbons (Fsp3) is 0.182. The molecule has 1 amide bonds. The molecule has 1 heterocycles. The number of rotatable bonds is 3. The number of thioether (sulfide) groups is 1. The number of nitrogens with two attached hydrogens (primary N) is 1. The highest BCUT2D eigenvalue weighted by molar-refractivity contribution is 9.10. The van der Waals surface area contributed by atoms with Crippen LogP contribution in [0.25, 0.3) is 0 Å². The predicted molar refractivity (Wildman–Crippen MR) is 71.1 cm³/mol. The molecule has 0 saturated heterocycles. The van der Waals surface area contributed by atoms with Crippen LogP contribution in [-0.2, 0) is 4.79 Å². The second-order valence-electron chi connectivity index (χ2n) is 3.53. The average Bonchev–Trinajstić information content (AvgIpc) is 2.58. The van der Waals surface area contributed by atoms with E-state index in [4.69, 9.17) is 5.73 Å². The van der Waals surface area contributed by atoms with Crippen molar-refractivity contribution in [1.29, 1.82) is 0 Å². The minimum Gasteiger partial charge on any atom is -0.378 e. The van der Waals surface area contributed by atoms with E-state index in [2.05, 4.69) is 20.9 Å². The van der Waals surface area contributed by atoms with Crippen LogP contribution in [0.4, 0.5) is 0 Å². The van der Waals surface area contributed by atoms with Crippen LogP contribution in [-0.4, -0.2) is 22.1 Å². The van der Waals surface area contributed by atoms with Crippen molar-refractivity contribution >= 4 is 44.5 Å². The molecule has 1 unspecified atom stereocenters. The molecule has 4 nitrogen and oxygen atoms in total. The van der Waals surface area contributed by atoms with Gasteiger partial charge in [-0.05, 0) is 12.1 Å². The lowest BCUT2D eigenvalue weighted by Crippen LogP contribution is -2.16. The van der Waals surface area contributed by atoms with Crippen LogP contribution in [0.15, 0.2) is 33.7 Å². The topological polar surface area (TPSA) is 72.5 Å². The van der Waals surface area contributed by atoms with Crippen LogP contribution < -0.4 is 5.73 Å². The second-order valence-corrected chi connectivity index (χ2v) is 5.67. The number of hydrogen-bond donors (Lipinski definition) is 1. The zero-order chi connectivity index (χ0) is 12.4. The Labute approximate surface area is 111 Å². The largest absolute Gasteiger partial charge is 0.378 e. The summed E-state index contributed by atoms with van der Waals surface area (Å²) >= 11 is 4.44. The Kier molecular flexibility index (Phi) is 3.63. The summed E-state index contributed by atoms with van der Waals surface area (Å²) in [6.45, 7) is 0. The average molecular weight is 313 g/mol. The van der Waals surface area contributed by atoms with Crippen LogP contribution in [0, 0.1) is 0 Å². The van der Waals surface area contributed by atoms with Gasteiger partial charge < -0.3 is 5.73 Å². The molecule has 17 heavy (non-hydrogen) atoms. The monoisotopic (exact) mass is 312 g/mol. The van der Waals surface area contributed by atoms with Crippen LogP contribution in [0.1, 0.15) is 16.8 Å². The fourth-order valence-corrected chi connectivity index (χ4v) is 2.54. The summed E-state index contributed by atoms with van der Waals surface area (Å²) in [5.41, 5.74) is 6.01. The van der Waals surface area contributed by atoms with E-state index in [1.54, 1.807) is 24.3 Å². The summed E-state index contributed by atoms with van der Waals surface area (Å²) in [5, 5.41) is -0.227. The van der Waals surface area contributed by atoms with Crippen LogP contribution in [0.2, 0.25) is 0 Å². The summed E-state index contributed by atoms with van der Waals surface area (Å²) in [6.07, 6.45) is 0.134. The number of aliphatic imine (C=N–C) groups is 1. The Balaban J connectivity index is 2.03. The molecule has 88 valence electrons. The van der Waals surface area contributed by atoms with E-state index < -0.39 is 5.25 Å². The number of benzene rings is 1. The van der Waals surface area contributed by atoms with Crippen LogP contribution in [0.5, 0.6) is 0 Å². The van der Waals surface area contributed by atoms with Crippen molar-refractivity contribution in [1.82, 2.24) is 0 Å². The van der Waals surface area contributed by atoms with Gasteiger partial charge in [0.2, 0.25) is 0 Å². The zero-order valence-electron chi connectivity index (χ0n) is 8.72. The SMILES string of the molecule is NC1=NC(=O)C(CC(=O)c2ccc(Br)cc2)S1. The number of amidine groups is 1. The van der Waals surface area contributed by atoms with E-state index in [9.17, 15) is 9.59 Å². The summed E-state index contributed by atoms with van der Waals surface area (Å²) < 4.78 is 0.910. The molecule has 0 bridgehead atoms. The van der Waals surface area contributed by atoms with Crippen molar-refractivity contribution in [3.8, 4) is 0 Å². The molecule has 1 aromatic rings. The quantitative estimate of drug-likeness (QED) is 0.866. The minimum atomic E-state index is -0.467. The Morgan fingerprint density at radius 2 is 2.06 bits per heavy atom. The molecule has 0 aliphatic carbocycles. The molecule has 1 aromatic carbocycles. The number of ketones is 1. The maximum absolute atomic E-state index is 11.9. The van der Waals surface area contributed by atoms with Crippen molar-refractivity contribution in [2.45, 2.75) is 11.7 Å². The third-order valence-corrected chi connectivity index (χ3v) is 3.81. The number of carbonyl (C=O) groups is 2. The van der Waals surface area contributed by atoms with E-state index in [0.717, 1.165) is 16.2 Å². The van der Waals surface area contributed by atoms with Crippen molar-refractivity contribution in [2.75, 3.05) is 0 Å². The van der Waals surface area contributed by atoms with Gasteiger partial charge in [0.25, 0.3) is 5.91 Å². The van der Waals surface area contributed by atoms with Gasteiger partial charge >= 0.3 is 0 Å². The van der Waals surface area contributed by atoms with Crippen molar-refractivity contribution < 1.29 is 9.59 Å².